The topological polar surface area (TPSA) is 99.5 Å². The van der Waals surface area contributed by atoms with E-state index in [-0.39, 0.29) is 17.6 Å². The molecule has 2 N–H and O–H groups in total. The van der Waals surface area contributed by atoms with Crippen LogP contribution < -0.4 is 9.47 Å². The second-order valence-electron chi connectivity index (χ2n) is 12.9. The molecule has 6 atom stereocenters. The minimum Gasteiger partial charge on any atom is -0.482 e. The van der Waals surface area contributed by atoms with Gasteiger partial charge in [-0.2, -0.15) is 0 Å². The highest BCUT2D eigenvalue weighted by Gasteiger charge is 2.72. The first-order chi connectivity index (χ1) is 18.8. The summed E-state index contributed by atoms with van der Waals surface area (Å²) in [5, 5.41) is 23.8. The number of aliphatic hydroxyl groups is 2. The van der Waals surface area contributed by atoms with Gasteiger partial charge in [0.15, 0.2) is 17.3 Å². The van der Waals surface area contributed by atoms with Gasteiger partial charge in [0.05, 0.1) is 23.2 Å². The van der Waals surface area contributed by atoms with Crippen LogP contribution in [0, 0.1) is 0 Å². The van der Waals surface area contributed by atoms with Crippen molar-refractivity contribution in [2.24, 2.45) is 0 Å². The molecule has 9 heteroatoms. The number of hydrogen-bond acceptors (Lipinski definition) is 7. The molecule has 0 aromatic heterocycles. The average molecular weight is 569 g/mol. The van der Waals surface area contributed by atoms with Crippen molar-refractivity contribution in [1.29, 1.82) is 0 Å². The maximum absolute atomic E-state index is 13.8. The molecule has 2 bridgehead atoms. The van der Waals surface area contributed by atoms with Crippen molar-refractivity contribution in [1.82, 2.24) is 9.80 Å². The maximum atomic E-state index is 13.8. The normalized spacial score (nSPS) is 31.1. The lowest BCUT2D eigenvalue weighted by atomic mass is 9.49. The Labute approximate surface area is 239 Å². The third-order valence-electron chi connectivity index (χ3n) is 9.68. The van der Waals surface area contributed by atoms with Gasteiger partial charge in [-0.15, -0.1) is 0 Å². The number of piperidine rings is 1. The monoisotopic (exact) mass is 568 g/mol. The molecule has 2 heterocycles. The fourth-order valence-corrected chi connectivity index (χ4v) is 8.14. The number of rotatable bonds is 4. The van der Waals surface area contributed by atoms with Gasteiger partial charge in [-0.1, -0.05) is 29.8 Å². The Morgan fingerprint density at radius 2 is 1.98 bits per heavy atom. The van der Waals surface area contributed by atoms with Crippen LogP contribution in [0.15, 0.2) is 36.4 Å². The quantitative estimate of drug-likeness (QED) is 0.529. The number of ketones is 1. The van der Waals surface area contributed by atoms with Crippen molar-refractivity contribution in [3.8, 4) is 11.5 Å². The molecule has 2 aliphatic heterocycles. The summed E-state index contributed by atoms with van der Waals surface area (Å²) in [6.45, 7) is 7.99. The third kappa shape index (κ3) is 3.76. The van der Waals surface area contributed by atoms with Crippen LogP contribution in [0.4, 0.5) is 4.79 Å². The van der Waals surface area contributed by atoms with Crippen LogP contribution in [0.2, 0.25) is 5.02 Å². The molecule has 2 aromatic rings. The molecule has 3 unspecified atom stereocenters. The summed E-state index contributed by atoms with van der Waals surface area (Å²) < 4.78 is 12.5. The van der Waals surface area contributed by atoms with Gasteiger partial charge in [-0.25, -0.2) is 4.79 Å². The van der Waals surface area contributed by atoms with Gasteiger partial charge in [0, 0.05) is 27.7 Å². The van der Waals surface area contributed by atoms with Crippen LogP contribution in [0.3, 0.4) is 0 Å². The molecule has 2 fully saturated rings. The fourth-order valence-electron chi connectivity index (χ4n) is 7.95. The summed E-state index contributed by atoms with van der Waals surface area (Å²) in [7, 11) is 2.04. The molecule has 4 aliphatic rings. The molecule has 40 heavy (non-hydrogen) atoms. The number of carbonyl (C=O) groups is 2. The largest absolute Gasteiger partial charge is 0.482 e. The van der Waals surface area contributed by atoms with E-state index in [1.165, 1.54) is 4.90 Å². The van der Waals surface area contributed by atoms with Gasteiger partial charge in [0.2, 0.25) is 0 Å². The van der Waals surface area contributed by atoms with E-state index in [1.54, 1.807) is 37.3 Å². The van der Waals surface area contributed by atoms with Gasteiger partial charge in [-0.05, 0) is 90.7 Å². The molecule has 1 saturated carbocycles. The van der Waals surface area contributed by atoms with Crippen molar-refractivity contribution < 1.29 is 29.3 Å². The predicted molar refractivity (Wildman–Crippen MR) is 150 cm³/mol. The number of benzene rings is 2. The number of ether oxygens (including phenoxy) is 2. The number of amides is 1. The van der Waals surface area contributed by atoms with Crippen molar-refractivity contribution in [2.75, 3.05) is 13.6 Å². The van der Waals surface area contributed by atoms with Gasteiger partial charge in [-0.3, -0.25) is 9.69 Å². The van der Waals surface area contributed by atoms with Crippen LogP contribution >= 0.6 is 11.6 Å². The van der Waals surface area contributed by atoms with Crippen molar-refractivity contribution >= 4 is 23.5 Å². The summed E-state index contributed by atoms with van der Waals surface area (Å²) in [5.74, 6) is 0.396. The number of aliphatic hydroxyl groups excluding tert-OH is 1. The predicted octanol–water partition coefficient (Wildman–Crippen LogP) is 4.36. The molecule has 8 nitrogen and oxygen atoms in total. The lowest BCUT2D eigenvalue weighted by Gasteiger charge is -2.63. The Morgan fingerprint density at radius 1 is 1.23 bits per heavy atom. The fraction of sp³-hybridized carbons (Fsp3) is 0.548. The summed E-state index contributed by atoms with van der Waals surface area (Å²) >= 11 is 6.12. The number of likely N-dealkylation sites (N-methyl/N-ethyl adjacent to an activating group) is 1. The highest BCUT2D eigenvalue weighted by molar-refractivity contribution is 6.31. The second kappa shape index (κ2) is 9.18. The van der Waals surface area contributed by atoms with Crippen LogP contribution in [0.25, 0.3) is 0 Å². The number of nitrogens with zero attached hydrogens (tertiary/aromatic N) is 2. The van der Waals surface area contributed by atoms with Crippen LogP contribution in [-0.2, 0) is 11.8 Å². The van der Waals surface area contributed by atoms with Gasteiger partial charge >= 0.3 is 6.09 Å². The van der Waals surface area contributed by atoms with E-state index in [2.05, 4.69) is 4.90 Å². The van der Waals surface area contributed by atoms with Crippen molar-refractivity contribution in [2.45, 2.75) is 94.2 Å². The molecule has 2 aromatic carbocycles. The Hall–Kier alpha value is -2.65. The lowest BCUT2D eigenvalue weighted by Crippen LogP contribution is -2.76. The molecular formula is C31H37ClN2O6. The maximum Gasteiger partial charge on any atom is 0.416 e. The Kier molecular flexibility index (Phi) is 6.31. The van der Waals surface area contributed by atoms with Gasteiger partial charge in [0.25, 0.3) is 0 Å². The summed E-state index contributed by atoms with van der Waals surface area (Å²) in [4.78, 5) is 30.9. The van der Waals surface area contributed by atoms with E-state index >= 15 is 0 Å². The molecular weight excluding hydrogens is 532 g/mol. The van der Waals surface area contributed by atoms with Gasteiger partial charge in [0.1, 0.15) is 6.10 Å². The highest BCUT2D eigenvalue weighted by atomic mass is 35.5. The van der Waals surface area contributed by atoms with E-state index < -0.39 is 40.9 Å². The number of likely N-dealkylation sites (tertiary alicyclic amines) is 1. The standard InChI is InChI=1S/C31H37ClN2O6/c1-17(25(36)19-7-6-8-20(32)15-19)34(29(2,3)4)28(37)39-22-10-9-18-16-23-31(38)12-11-21(35)27-30(31,13-14-33(23)5)24(18)26(22)40-27/h6-10,15,17,21,23,27,35,38H,11-14,16H2,1-5H3/t17?,21?,23-,27?,30+,31-/m1/s1. The smallest absolute Gasteiger partial charge is 0.416 e. The minimum absolute atomic E-state index is 0.0820. The van der Waals surface area contributed by atoms with Crippen LogP contribution in [0.1, 0.15) is 68.4 Å². The molecule has 1 amide bonds. The first kappa shape index (κ1) is 27.5. The zero-order valence-electron chi connectivity index (χ0n) is 23.6. The van der Waals surface area contributed by atoms with Crippen LogP contribution in [0.5, 0.6) is 11.5 Å². The third-order valence-corrected chi connectivity index (χ3v) is 9.91. The van der Waals surface area contributed by atoms with E-state index in [0.717, 1.165) is 17.7 Å². The first-order valence-corrected chi connectivity index (χ1v) is 14.4. The number of carbonyl (C=O) groups excluding carboxylic acids is 2. The first-order valence-electron chi connectivity index (χ1n) is 14.0. The number of halogens is 1. The molecule has 0 radical (unpaired) electrons. The van der Waals surface area contributed by atoms with Crippen LogP contribution in [-0.4, -0.2) is 80.9 Å². The summed E-state index contributed by atoms with van der Waals surface area (Å²) in [6.07, 6.45) is 0.145. The molecule has 1 saturated heterocycles. The number of Topliss-reactive ketones (excluding diaryl/α,β-unsaturated/α-hetero) is 1. The Morgan fingerprint density at radius 3 is 2.67 bits per heavy atom. The molecule has 214 valence electrons. The van der Waals surface area contributed by atoms with E-state index in [0.29, 0.717) is 42.0 Å². The Bertz CT molecular complexity index is 1390. The average Bonchev–Trinajstić information content (AvgIpc) is 3.24. The van der Waals surface area contributed by atoms with Crippen molar-refractivity contribution in [3.05, 3.63) is 58.1 Å². The number of hydrogen-bond donors (Lipinski definition) is 2. The second-order valence-corrected chi connectivity index (χ2v) is 13.3. The highest BCUT2D eigenvalue weighted by Crippen LogP contribution is 2.65. The summed E-state index contributed by atoms with van der Waals surface area (Å²) in [5.41, 5.74) is -0.258. The molecule has 1 spiro atoms. The molecule has 2 aliphatic carbocycles. The van der Waals surface area contributed by atoms with E-state index in [4.69, 9.17) is 21.1 Å². The lowest BCUT2D eigenvalue weighted by molar-refractivity contribution is -0.204. The van der Waals surface area contributed by atoms with Gasteiger partial charge < -0.3 is 24.6 Å². The minimum atomic E-state index is -1.06. The van der Waals surface area contributed by atoms with E-state index in [1.807, 2.05) is 33.9 Å². The molecule has 6 rings (SSSR count). The van der Waals surface area contributed by atoms with E-state index in [9.17, 15) is 19.8 Å². The Balaban J connectivity index is 1.38. The summed E-state index contributed by atoms with van der Waals surface area (Å²) in [6, 6.07) is 9.43. The SMILES string of the molecule is CC(C(=O)c1cccc(Cl)c1)N(C(=O)Oc1ccc2c3c1OC1C(O)CC[C@@]4(O)[C@@H](C2)N(C)CC[C@]314)C(C)(C)C. The zero-order chi connectivity index (χ0) is 28.8. The zero-order valence-corrected chi connectivity index (χ0v) is 24.4. The van der Waals surface area contributed by atoms with Crippen molar-refractivity contribution in [3.63, 3.8) is 0 Å².